The van der Waals surface area contributed by atoms with E-state index in [0.717, 1.165) is 11.3 Å². The smallest absolute Gasteiger partial charge is 0.239 e. The molecule has 1 rings (SSSR count). The van der Waals surface area contributed by atoms with Crippen LogP contribution in [0, 0.1) is 0 Å². The average Bonchev–Trinajstić information content (AvgIpc) is 2.45. The minimum atomic E-state index is -0.138. The number of carbonyl (C=O) groups excluding carboxylic acids is 2. The molecule has 0 spiro atoms. The van der Waals surface area contributed by atoms with Crippen LogP contribution in [0.15, 0.2) is 24.3 Å². The fourth-order valence-corrected chi connectivity index (χ4v) is 2.11. The molecule has 0 unspecified atom stereocenters. The van der Waals surface area contributed by atoms with Crippen molar-refractivity contribution in [2.45, 2.75) is 39.7 Å². The SMILES string of the molecule is CCOc1ccccc1CCC(=O)N(C)CC(=O)NC(C)C. The molecule has 122 valence electrons. The summed E-state index contributed by atoms with van der Waals surface area (Å²) < 4.78 is 5.55. The first-order valence-electron chi connectivity index (χ1n) is 7.68. The lowest BCUT2D eigenvalue weighted by Crippen LogP contribution is -2.40. The number of ether oxygens (including phenoxy) is 1. The molecule has 0 saturated carbocycles. The molecule has 0 bridgehead atoms. The summed E-state index contributed by atoms with van der Waals surface area (Å²) in [6, 6.07) is 7.79. The van der Waals surface area contributed by atoms with Crippen molar-refractivity contribution >= 4 is 11.8 Å². The van der Waals surface area contributed by atoms with Crippen molar-refractivity contribution in [1.29, 1.82) is 0 Å². The fourth-order valence-electron chi connectivity index (χ4n) is 2.11. The second-order valence-corrected chi connectivity index (χ2v) is 5.51. The van der Waals surface area contributed by atoms with Crippen LogP contribution in [0.2, 0.25) is 0 Å². The van der Waals surface area contributed by atoms with Crippen LogP contribution in [0.4, 0.5) is 0 Å². The Balaban J connectivity index is 2.50. The normalized spacial score (nSPS) is 10.4. The highest BCUT2D eigenvalue weighted by atomic mass is 16.5. The zero-order valence-electron chi connectivity index (χ0n) is 13.9. The Morgan fingerprint density at radius 2 is 1.95 bits per heavy atom. The highest BCUT2D eigenvalue weighted by molar-refractivity contribution is 5.84. The molecule has 0 radical (unpaired) electrons. The zero-order valence-corrected chi connectivity index (χ0v) is 13.9. The van der Waals surface area contributed by atoms with Crippen LogP contribution in [-0.2, 0) is 16.0 Å². The monoisotopic (exact) mass is 306 g/mol. The number of rotatable bonds is 8. The van der Waals surface area contributed by atoms with Gasteiger partial charge in [-0.1, -0.05) is 18.2 Å². The van der Waals surface area contributed by atoms with Crippen molar-refractivity contribution in [2.75, 3.05) is 20.2 Å². The lowest BCUT2D eigenvalue weighted by atomic mass is 10.1. The number of likely N-dealkylation sites (N-methyl/N-ethyl adjacent to an activating group) is 1. The minimum Gasteiger partial charge on any atom is -0.494 e. The fraction of sp³-hybridized carbons (Fsp3) is 0.529. The first-order chi connectivity index (χ1) is 10.4. The number of carbonyl (C=O) groups is 2. The summed E-state index contributed by atoms with van der Waals surface area (Å²) in [5.74, 6) is 0.628. The molecular formula is C17H26N2O3. The Morgan fingerprint density at radius 3 is 2.59 bits per heavy atom. The van der Waals surface area contributed by atoms with Crippen LogP contribution >= 0.6 is 0 Å². The average molecular weight is 306 g/mol. The lowest BCUT2D eigenvalue weighted by Gasteiger charge is -2.18. The van der Waals surface area contributed by atoms with Crippen LogP contribution in [0.3, 0.4) is 0 Å². The predicted octanol–water partition coefficient (Wildman–Crippen LogP) is 2.00. The number of nitrogens with one attached hydrogen (secondary N) is 1. The van der Waals surface area contributed by atoms with Crippen molar-refractivity contribution in [3.8, 4) is 5.75 Å². The van der Waals surface area contributed by atoms with Crippen molar-refractivity contribution in [3.05, 3.63) is 29.8 Å². The maximum Gasteiger partial charge on any atom is 0.239 e. The second-order valence-electron chi connectivity index (χ2n) is 5.51. The Hall–Kier alpha value is -2.04. The van der Waals surface area contributed by atoms with E-state index in [1.165, 1.54) is 4.90 Å². The highest BCUT2D eigenvalue weighted by Crippen LogP contribution is 2.19. The summed E-state index contributed by atoms with van der Waals surface area (Å²) in [7, 11) is 1.65. The van der Waals surface area contributed by atoms with E-state index in [0.29, 0.717) is 19.4 Å². The summed E-state index contributed by atoms with van der Waals surface area (Å²) in [5, 5.41) is 2.78. The molecule has 0 aromatic heterocycles. The van der Waals surface area contributed by atoms with Crippen molar-refractivity contribution in [1.82, 2.24) is 10.2 Å². The highest BCUT2D eigenvalue weighted by Gasteiger charge is 2.14. The molecule has 22 heavy (non-hydrogen) atoms. The van der Waals surface area contributed by atoms with Gasteiger partial charge in [0.15, 0.2) is 0 Å². The molecule has 1 aromatic rings. The molecule has 1 aromatic carbocycles. The molecular weight excluding hydrogens is 280 g/mol. The first kappa shape index (κ1) is 18.0. The molecule has 0 aliphatic heterocycles. The van der Waals surface area contributed by atoms with Crippen LogP contribution < -0.4 is 10.1 Å². The van der Waals surface area contributed by atoms with Gasteiger partial charge in [0, 0.05) is 19.5 Å². The van der Waals surface area contributed by atoms with Gasteiger partial charge in [0.05, 0.1) is 13.2 Å². The van der Waals surface area contributed by atoms with E-state index < -0.39 is 0 Å². The molecule has 0 saturated heterocycles. The molecule has 2 amide bonds. The quantitative estimate of drug-likeness (QED) is 0.799. The van der Waals surface area contributed by atoms with E-state index in [4.69, 9.17) is 4.74 Å². The van der Waals surface area contributed by atoms with Crippen molar-refractivity contribution in [3.63, 3.8) is 0 Å². The van der Waals surface area contributed by atoms with Gasteiger partial charge in [-0.2, -0.15) is 0 Å². The number of aryl methyl sites for hydroxylation is 1. The minimum absolute atomic E-state index is 0.0507. The Morgan fingerprint density at radius 1 is 1.27 bits per heavy atom. The van der Waals surface area contributed by atoms with Gasteiger partial charge in [-0.3, -0.25) is 9.59 Å². The Labute approximate surface area is 132 Å². The number of hydrogen-bond acceptors (Lipinski definition) is 3. The molecule has 5 heteroatoms. The third kappa shape index (κ3) is 6.16. The molecule has 5 nitrogen and oxygen atoms in total. The number of benzene rings is 1. The van der Waals surface area contributed by atoms with Gasteiger partial charge in [0.2, 0.25) is 11.8 Å². The lowest BCUT2D eigenvalue weighted by molar-refractivity contribution is -0.134. The first-order valence-corrected chi connectivity index (χ1v) is 7.68. The van der Waals surface area contributed by atoms with Gasteiger partial charge in [-0.15, -0.1) is 0 Å². The maximum absolute atomic E-state index is 12.1. The predicted molar refractivity (Wildman–Crippen MR) is 86.8 cm³/mol. The van der Waals surface area contributed by atoms with Gasteiger partial charge in [-0.25, -0.2) is 0 Å². The molecule has 0 aliphatic rings. The van der Waals surface area contributed by atoms with E-state index in [2.05, 4.69) is 5.32 Å². The largest absolute Gasteiger partial charge is 0.494 e. The summed E-state index contributed by atoms with van der Waals surface area (Å²) in [6.45, 7) is 6.40. The van der Waals surface area contributed by atoms with E-state index in [1.807, 2.05) is 45.0 Å². The van der Waals surface area contributed by atoms with E-state index in [-0.39, 0.29) is 24.4 Å². The van der Waals surface area contributed by atoms with Crippen LogP contribution in [0.25, 0.3) is 0 Å². The van der Waals surface area contributed by atoms with Crippen LogP contribution in [-0.4, -0.2) is 43.0 Å². The summed E-state index contributed by atoms with van der Waals surface area (Å²) in [4.78, 5) is 25.2. The van der Waals surface area contributed by atoms with E-state index in [9.17, 15) is 9.59 Å². The molecule has 0 heterocycles. The molecule has 0 fully saturated rings. The summed E-state index contributed by atoms with van der Waals surface area (Å²) >= 11 is 0. The topological polar surface area (TPSA) is 58.6 Å². The van der Waals surface area contributed by atoms with E-state index in [1.54, 1.807) is 7.05 Å². The van der Waals surface area contributed by atoms with Gasteiger partial charge < -0.3 is 15.0 Å². The summed E-state index contributed by atoms with van der Waals surface area (Å²) in [6.07, 6.45) is 0.959. The third-order valence-electron chi connectivity index (χ3n) is 3.14. The third-order valence-corrected chi connectivity index (χ3v) is 3.14. The standard InChI is InChI=1S/C17H26N2O3/c1-5-22-15-9-7-6-8-14(15)10-11-17(21)19(4)12-16(20)18-13(2)3/h6-9,13H,5,10-12H2,1-4H3,(H,18,20). The number of para-hydroxylation sites is 1. The van der Waals surface area contributed by atoms with Gasteiger partial charge in [0.25, 0.3) is 0 Å². The van der Waals surface area contributed by atoms with Gasteiger partial charge in [-0.05, 0) is 38.8 Å². The van der Waals surface area contributed by atoms with E-state index >= 15 is 0 Å². The Kier molecular flexibility index (Phi) is 7.43. The second kappa shape index (κ2) is 9.07. The van der Waals surface area contributed by atoms with Crippen LogP contribution in [0.1, 0.15) is 32.8 Å². The molecule has 0 aliphatic carbocycles. The molecule has 0 atom stereocenters. The molecule has 1 N–H and O–H groups in total. The van der Waals surface area contributed by atoms with Crippen LogP contribution in [0.5, 0.6) is 5.75 Å². The summed E-state index contributed by atoms with van der Waals surface area (Å²) in [5.41, 5.74) is 1.01. The maximum atomic E-state index is 12.1. The van der Waals surface area contributed by atoms with Gasteiger partial charge >= 0.3 is 0 Å². The van der Waals surface area contributed by atoms with Crippen molar-refractivity contribution < 1.29 is 14.3 Å². The van der Waals surface area contributed by atoms with Crippen molar-refractivity contribution in [2.24, 2.45) is 0 Å². The zero-order chi connectivity index (χ0) is 16.5. The number of amides is 2. The van der Waals surface area contributed by atoms with Gasteiger partial charge in [0.1, 0.15) is 5.75 Å². The number of hydrogen-bond donors (Lipinski definition) is 1. The Bertz CT molecular complexity index is 500. The number of nitrogens with zero attached hydrogens (tertiary/aromatic N) is 1.